The summed E-state index contributed by atoms with van der Waals surface area (Å²) in [5.74, 6) is -1.21. The first kappa shape index (κ1) is 24.1. The summed E-state index contributed by atoms with van der Waals surface area (Å²) in [6.07, 6.45) is -4.52. The molecule has 1 heterocycles. The zero-order valence-electron chi connectivity index (χ0n) is 17.0. The van der Waals surface area contributed by atoms with Crippen molar-refractivity contribution in [3.63, 3.8) is 0 Å². The molecule has 1 aliphatic heterocycles. The third-order valence-electron chi connectivity index (χ3n) is 4.71. The maximum absolute atomic E-state index is 13.9. The van der Waals surface area contributed by atoms with Crippen LogP contribution in [0, 0.1) is 11.6 Å². The van der Waals surface area contributed by atoms with Crippen LogP contribution >= 0.6 is 23.2 Å². The van der Waals surface area contributed by atoms with Gasteiger partial charge in [0.05, 0.1) is 15.6 Å². The summed E-state index contributed by atoms with van der Waals surface area (Å²) >= 11 is 12.1. The van der Waals surface area contributed by atoms with E-state index in [1.54, 1.807) is 0 Å². The van der Waals surface area contributed by atoms with Gasteiger partial charge in [-0.15, -0.1) is 0 Å². The minimum absolute atomic E-state index is 0.0181. The third kappa shape index (κ3) is 5.37. The Balaban J connectivity index is 1.40. The van der Waals surface area contributed by atoms with Gasteiger partial charge >= 0.3 is 6.18 Å². The fourth-order valence-corrected chi connectivity index (χ4v) is 3.52. The van der Waals surface area contributed by atoms with Crippen molar-refractivity contribution >= 4 is 29.1 Å². The topological polar surface area (TPSA) is 40.0 Å². The summed E-state index contributed by atoms with van der Waals surface area (Å²) in [5, 5.41) is -0.0590. The maximum Gasteiger partial charge on any atom is 0.416 e. The molecule has 0 spiro atoms. The fourth-order valence-electron chi connectivity index (χ4n) is 3.07. The molecule has 0 fully saturated rings. The lowest BCUT2D eigenvalue weighted by Gasteiger charge is -2.13. The van der Waals surface area contributed by atoms with Crippen molar-refractivity contribution in [2.75, 3.05) is 13.2 Å². The Kier molecular flexibility index (Phi) is 6.86. The third-order valence-corrected chi connectivity index (χ3v) is 5.30. The Morgan fingerprint density at radius 3 is 2.26 bits per heavy atom. The van der Waals surface area contributed by atoms with Crippen LogP contribution in [-0.2, 0) is 10.9 Å². The first-order valence-corrected chi connectivity index (χ1v) is 10.5. The Labute approximate surface area is 200 Å². The zero-order chi connectivity index (χ0) is 24.5. The summed E-state index contributed by atoms with van der Waals surface area (Å²) in [6, 6.07) is 10.0. The van der Waals surface area contributed by atoms with Crippen LogP contribution in [-0.4, -0.2) is 25.2 Å². The Morgan fingerprint density at radius 1 is 0.941 bits per heavy atom. The molecule has 11 heteroatoms. The number of aliphatic imine (C=N–C) groups is 1. The lowest BCUT2D eigenvalue weighted by atomic mass is 10.2. The van der Waals surface area contributed by atoms with Crippen LogP contribution in [0.1, 0.15) is 11.1 Å². The smallest absolute Gasteiger partial charge is 0.416 e. The van der Waals surface area contributed by atoms with Crippen molar-refractivity contribution in [3.8, 4) is 17.2 Å². The van der Waals surface area contributed by atoms with Crippen LogP contribution in [0.2, 0.25) is 10.0 Å². The number of hydrogen-bond acceptors (Lipinski definition) is 4. The molecule has 4 rings (SSSR count). The molecule has 0 aliphatic carbocycles. The largest absolute Gasteiger partial charge is 0.490 e. The Bertz CT molecular complexity index is 1230. The van der Waals surface area contributed by atoms with Gasteiger partial charge in [0, 0.05) is 6.07 Å². The number of nitrogens with zero attached hydrogens (tertiary/aromatic N) is 1. The van der Waals surface area contributed by atoms with E-state index >= 15 is 0 Å². The molecule has 4 nitrogen and oxygen atoms in total. The highest BCUT2D eigenvalue weighted by atomic mass is 35.5. The minimum atomic E-state index is -4.52. The van der Waals surface area contributed by atoms with Crippen LogP contribution in [0.15, 0.2) is 59.6 Å². The number of halogens is 7. The average molecular weight is 518 g/mol. The van der Waals surface area contributed by atoms with Crippen molar-refractivity contribution in [1.82, 2.24) is 0 Å². The fraction of sp³-hybridized carbons (Fsp3) is 0.174. The van der Waals surface area contributed by atoms with Crippen LogP contribution in [0.4, 0.5) is 22.0 Å². The summed E-state index contributed by atoms with van der Waals surface area (Å²) in [5.41, 5.74) is -1.24. The number of benzene rings is 3. The second-order valence-corrected chi connectivity index (χ2v) is 7.96. The van der Waals surface area contributed by atoms with Gasteiger partial charge in [0.2, 0.25) is 5.90 Å². The van der Waals surface area contributed by atoms with E-state index in [2.05, 4.69) is 4.99 Å². The van der Waals surface area contributed by atoms with E-state index < -0.39 is 29.4 Å². The molecule has 0 radical (unpaired) electrons. The average Bonchev–Trinajstić information content (AvgIpc) is 3.22. The van der Waals surface area contributed by atoms with Crippen molar-refractivity contribution in [2.24, 2.45) is 4.99 Å². The monoisotopic (exact) mass is 517 g/mol. The van der Waals surface area contributed by atoms with Gasteiger partial charge in [-0.25, -0.2) is 13.8 Å². The van der Waals surface area contributed by atoms with E-state index in [-0.39, 0.29) is 52.0 Å². The SMILES string of the molecule is Fc1cccc(F)c1C1=NC(COc2ccc(Oc3ccc(C(F)(F)F)cc3Cl)cc2Cl)CO1. The van der Waals surface area contributed by atoms with Crippen LogP contribution in [0.5, 0.6) is 17.2 Å². The van der Waals surface area contributed by atoms with Gasteiger partial charge in [0.15, 0.2) is 0 Å². The minimum Gasteiger partial charge on any atom is -0.490 e. The van der Waals surface area contributed by atoms with Crippen LogP contribution in [0.25, 0.3) is 0 Å². The van der Waals surface area contributed by atoms with Crippen molar-refractivity contribution in [1.29, 1.82) is 0 Å². The molecule has 3 aromatic rings. The lowest BCUT2D eigenvalue weighted by Crippen LogP contribution is -2.17. The highest BCUT2D eigenvalue weighted by molar-refractivity contribution is 6.32. The predicted octanol–water partition coefficient (Wildman–Crippen LogP) is 7.31. The van der Waals surface area contributed by atoms with Crippen LogP contribution < -0.4 is 9.47 Å². The molecule has 0 bridgehead atoms. The van der Waals surface area contributed by atoms with E-state index in [0.29, 0.717) is 0 Å². The first-order valence-electron chi connectivity index (χ1n) is 9.74. The van der Waals surface area contributed by atoms with E-state index in [1.807, 2.05) is 0 Å². The van der Waals surface area contributed by atoms with Gasteiger partial charge < -0.3 is 14.2 Å². The van der Waals surface area contributed by atoms with Crippen LogP contribution in [0.3, 0.4) is 0 Å². The molecule has 1 atom stereocenters. The first-order chi connectivity index (χ1) is 16.1. The molecule has 0 saturated carbocycles. The molecule has 0 amide bonds. The highest BCUT2D eigenvalue weighted by Crippen LogP contribution is 2.38. The van der Waals surface area contributed by atoms with E-state index in [4.69, 9.17) is 37.4 Å². The van der Waals surface area contributed by atoms with Crippen molar-refractivity contribution in [3.05, 3.63) is 87.4 Å². The summed E-state index contributed by atoms with van der Waals surface area (Å²) < 4.78 is 82.6. The molecule has 0 saturated heterocycles. The van der Waals surface area contributed by atoms with Gasteiger partial charge in [0.1, 0.15) is 53.7 Å². The van der Waals surface area contributed by atoms with Gasteiger partial charge in [-0.3, -0.25) is 0 Å². The predicted molar refractivity (Wildman–Crippen MR) is 116 cm³/mol. The van der Waals surface area contributed by atoms with Gasteiger partial charge in [-0.2, -0.15) is 13.2 Å². The summed E-state index contributed by atoms with van der Waals surface area (Å²) in [7, 11) is 0. The van der Waals surface area contributed by atoms with Crippen molar-refractivity contribution in [2.45, 2.75) is 12.2 Å². The Morgan fingerprint density at radius 2 is 1.62 bits per heavy atom. The molecule has 1 aliphatic rings. The number of ether oxygens (including phenoxy) is 3. The quantitative estimate of drug-likeness (QED) is 0.322. The van der Waals surface area contributed by atoms with E-state index in [0.717, 1.165) is 30.3 Å². The summed E-state index contributed by atoms with van der Waals surface area (Å²) in [4.78, 5) is 4.16. The van der Waals surface area contributed by atoms with Gasteiger partial charge in [-0.05, 0) is 42.5 Å². The van der Waals surface area contributed by atoms with Gasteiger partial charge in [-0.1, -0.05) is 29.3 Å². The maximum atomic E-state index is 13.9. The number of rotatable bonds is 6. The number of hydrogen-bond donors (Lipinski definition) is 0. The molecular weight excluding hydrogens is 504 g/mol. The molecule has 178 valence electrons. The second kappa shape index (κ2) is 9.68. The molecule has 3 aromatic carbocycles. The highest BCUT2D eigenvalue weighted by Gasteiger charge is 2.31. The summed E-state index contributed by atoms with van der Waals surface area (Å²) in [6.45, 7) is 0.0819. The standard InChI is InChI=1S/C23H14Cl2F5NO3/c24-15-8-12(23(28,29)30)4-6-20(15)34-14-5-7-19(16(25)9-14)32-10-13-11-33-22(31-13)21-17(26)2-1-3-18(21)27/h1-9,13H,10-11H2. The van der Waals surface area contributed by atoms with Gasteiger partial charge in [0.25, 0.3) is 0 Å². The molecule has 1 unspecified atom stereocenters. The Hall–Kier alpha value is -3.04. The molecule has 0 N–H and O–H groups in total. The zero-order valence-corrected chi connectivity index (χ0v) is 18.5. The van der Waals surface area contributed by atoms with E-state index in [9.17, 15) is 22.0 Å². The van der Waals surface area contributed by atoms with Crippen molar-refractivity contribution < 1.29 is 36.2 Å². The number of alkyl halides is 3. The van der Waals surface area contributed by atoms with E-state index in [1.165, 1.54) is 24.3 Å². The molecule has 34 heavy (non-hydrogen) atoms. The molecule has 0 aromatic heterocycles. The second-order valence-electron chi connectivity index (χ2n) is 7.14. The molecular formula is C23H14Cl2F5NO3. The lowest BCUT2D eigenvalue weighted by molar-refractivity contribution is -0.137. The normalized spacial score (nSPS) is 15.6.